The van der Waals surface area contributed by atoms with E-state index in [1.54, 1.807) is 0 Å². The zero-order valence-corrected chi connectivity index (χ0v) is 17.9. The molecule has 1 N–H and O–H groups in total. The molecule has 3 aromatic carbocycles. The van der Waals surface area contributed by atoms with Crippen LogP contribution in [0.4, 0.5) is 0 Å². The van der Waals surface area contributed by atoms with E-state index in [0.717, 1.165) is 40.1 Å². The van der Waals surface area contributed by atoms with Gasteiger partial charge in [0.2, 0.25) is 0 Å². The van der Waals surface area contributed by atoms with Crippen molar-refractivity contribution in [3.05, 3.63) is 124 Å². The molecule has 0 aromatic heterocycles. The van der Waals surface area contributed by atoms with Crippen molar-refractivity contribution in [1.29, 1.82) is 0 Å². The summed E-state index contributed by atoms with van der Waals surface area (Å²) in [6.07, 6.45) is 1.23. The van der Waals surface area contributed by atoms with E-state index in [1.807, 2.05) is 49.4 Å². The molecular formula is C29H23NO2. The summed E-state index contributed by atoms with van der Waals surface area (Å²) in [6, 6.07) is 26.3. The summed E-state index contributed by atoms with van der Waals surface area (Å²) in [7, 11) is 0. The molecule has 2 aliphatic carbocycles. The van der Waals surface area contributed by atoms with E-state index in [9.17, 15) is 9.59 Å². The van der Waals surface area contributed by atoms with Gasteiger partial charge in [0.1, 0.15) is 0 Å². The second-order valence-corrected chi connectivity index (χ2v) is 8.96. The summed E-state index contributed by atoms with van der Waals surface area (Å²) in [6.45, 7) is 2.05. The molecular weight excluding hydrogens is 394 g/mol. The van der Waals surface area contributed by atoms with Crippen LogP contribution in [0, 0.1) is 6.92 Å². The first-order valence-corrected chi connectivity index (χ1v) is 11.1. The van der Waals surface area contributed by atoms with Gasteiger partial charge in [-0.05, 0) is 30.4 Å². The third-order valence-electron chi connectivity index (χ3n) is 7.00. The predicted octanol–water partition coefficient (Wildman–Crippen LogP) is 5.69. The number of fused-ring (bicyclic) bond motifs is 2. The molecule has 2 atom stereocenters. The van der Waals surface area contributed by atoms with Gasteiger partial charge >= 0.3 is 0 Å². The Morgan fingerprint density at radius 1 is 0.719 bits per heavy atom. The minimum absolute atomic E-state index is 0.0261. The van der Waals surface area contributed by atoms with Gasteiger partial charge in [0.05, 0.1) is 5.70 Å². The number of nitrogens with one attached hydrogen (secondary N) is 1. The van der Waals surface area contributed by atoms with Gasteiger partial charge in [0, 0.05) is 40.3 Å². The van der Waals surface area contributed by atoms with E-state index in [0.29, 0.717) is 17.6 Å². The van der Waals surface area contributed by atoms with Crippen molar-refractivity contribution in [2.75, 3.05) is 0 Å². The van der Waals surface area contributed by atoms with Gasteiger partial charge in [-0.15, -0.1) is 0 Å². The van der Waals surface area contributed by atoms with Gasteiger partial charge in [-0.25, -0.2) is 0 Å². The molecule has 0 radical (unpaired) electrons. The molecule has 0 spiro atoms. The number of rotatable bonds is 2. The number of hydrogen-bond donors (Lipinski definition) is 1. The number of hydrogen-bond acceptors (Lipinski definition) is 3. The first-order chi connectivity index (χ1) is 15.6. The van der Waals surface area contributed by atoms with Crippen LogP contribution in [-0.2, 0) is 4.79 Å². The van der Waals surface area contributed by atoms with Crippen LogP contribution >= 0.6 is 0 Å². The number of ketones is 2. The first-order valence-electron chi connectivity index (χ1n) is 11.1. The molecule has 1 aliphatic heterocycles. The fourth-order valence-corrected chi connectivity index (χ4v) is 5.45. The lowest BCUT2D eigenvalue weighted by molar-refractivity contribution is -0.116. The minimum atomic E-state index is -0.328. The van der Waals surface area contributed by atoms with Gasteiger partial charge in [-0.2, -0.15) is 0 Å². The summed E-state index contributed by atoms with van der Waals surface area (Å²) in [5.74, 6) is -0.0271. The quantitative estimate of drug-likeness (QED) is 0.583. The maximum absolute atomic E-state index is 13.6. The number of dihydropyridines is 1. The maximum Gasteiger partial charge on any atom is 0.192 e. The number of allylic oxidation sites excluding steroid dienone is 3. The first kappa shape index (κ1) is 19.0. The Morgan fingerprint density at radius 2 is 1.41 bits per heavy atom. The number of aryl methyl sites for hydroxylation is 1. The second-order valence-electron chi connectivity index (χ2n) is 8.96. The Morgan fingerprint density at radius 3 is 2.16 bits per heavy atom. The highest BCUT2D eigenvalue weighted by Gasteiger charge is 2.45. The van der Waals surface area contributed by atoms with Gasteiger partial charge < -0.3 is 5.32 Å². The Labute approximate surface area is 187 Å². The molecule has 3 aliphatic rings. The van der Waals surface area contributed by atoms with Crippen molar-refractivity contribution in [2.45, 2.75) is 31.6 Å². The van der Waals surface area contributed by atoms with E-state index in [2.05, 4.69) is 41.7 Å². The average Bonchev–Trinajstić information content (AvgIpc) is 3.11. The van der Waals surface area contributed by atoms with Gasteiger partial charge in [-0.3, -0.25) is 9.59 Å². The lowest BCUT2D eigenvalue weighted by Gasteiger charge is -2.36. The molecule has 0 saturated heterocycles. The SMILES string of the molecule is Cc1ccc([C@H]2C3=C(C[C@H](c4ccccc4)CC3=O)NC3=C2C(=O)c2ccccc23)cc1. The highest BCUT2D eigenvalue weighted by molar-refractivity contribution is 6.23. The maximum atomic E-state index is 13.6. The van der Waals surface area contributed by atoms with Gasteiger partial charge in [-0.1, -0.05) is 84.4 Å². The van der Waals surface area contributed by atoms with Crippen molar-refractivity contribution in [3.8, 4) is 0 Å². The van der Waals surface area contributed by atoms with E-state index in [1.165, 1.54) is 5.56 Å². The number of carbonyl (C=O) groups excluding carboxylic acids is 2. The fourth-order valence-electron chi connectivity index (χ4n) is 5.45. The highest BCUT2D eigenvalue weighted by Crippen LogP contribution is 2.50. The zero-order chi connectivity index (χ0) is 21.8. The van der Waals surface area contributed by atoms with Crippen LogP contribution in [0.1, 0.15) is 57.3 Å². The summed E-state index contributed by atoms with van der Waals surface area (Å²) in [5.41, 5.74) is 8.31. The number of carbonyl (C=O) groups is 2. The molecule has 3 aromatic rings. The van der Waals surface area contributed by atoms with Crippen LogP contribution in [-0.4, -0.2) is 11.6 Å². The molecule has 0 bridgehead atoms. The smallest absolute Gasteiger partial charge is 0.192 e. The minimum Gasteiger partial charge on any atom is -0.358 e. The van der Waals surface area contributed by atoms with Crippen molar-refractivity contribution in [2.24, 2.45) is 0 Å². The lowest BCUT2D eigenvalue weighted by atomic mass is 9.71. The largest absolute Gasteiger partial charge is 0.358 e. The van der Waals surface area contributed by atoms with Gasteiger partial charge in [0.25, 0.3) is 0 Å². The summed E-state index contributed by atoms with van der Waals surface area (Å²) in [4.78, 5) is 27.1. The molecule has 0 amide bonds. The van der Waals surface area contributed by atoms with E-state index in [-0.39, 0.29) is 23.4 Å². The Hall–Kier alpha value is -3.72. The average molecular weight is 418 g/mol. The van der Waals surface area contributed by atoms with E-state index in [4.69, 9.17) is 0 Å². The fraction of sp³-hybridized carbons (Fsp3) is 0.172. The molecule has 156 valence electrons. The Balaban J connectivity index is 1.52. The molecule has 32 heavy (non-hydrogen) atoms. The lowest BCUT2D eigenvalue weighted by Crippen LogP contribution is -2.33. The Bertz CT molecular complexity index is 1330. The molecule has 3 nitrogen and oxygen atoms in total. The van der Waals surface area contributed by atoms with Crippen LogP contribution in [0.2, 0.25) is 0 Å². The number of Topliss-reactive ketones (excluding diaryl/α,β-unsaturated/α-hetero) is 2. The summed E-state index contributed by atoms with van der Waals surface area (Å²) < 4.78 is 0. The molecule has 0 fully saturated rings. The number of benzene rings is 3. The van der Waals surface area contributed by atoms with Crippen molar-refractivity contribution >= 4 is 17.3 Å². The van der Waals surface area contributed by atoms with Crippen molar-refractivity contribution in [1.82, 2.24) is 5.32 Å². The molecule has 1 heterocycles. The van der Waals surface area contributed by atoms with E-state index < -0.39 is 0 Å². The monoisotopic (exact) mass is 417 g/mol. The highest BCUT2D eigenvalue weighted by atomic mass is 16.1. The third kappa shape index (κ3) is 2.81. The molecule has 0 unspecified atom stereocenters. The van der Waals surface area contributed by atoms with Crippen LogP contribution in [0.25, 0.3) is 5.70 Å². The second kappa shape index (κ2) is 7.16. The van der Waals surface area contributed by atoms with Crippen LogP contribution < -0.4 is 5.32 Å². The van der Waals surface area contributed by atoms with Gasteiger partial charge in [0.15, 0.2) is 11.6 Å². The summed E-state index contributed by atoms with van der Waals surface area (Å²) >= 11 is 0. The third-order valence-corrected chi connectivity index (χ3v) is 7.00. The van der Waals surface area contributed by atoms with Crippen LogP contribution in [0.15, 0.2) is 95.7 Å². The molecule has 3 heteroatoms. The normalized spacial score (nSPS) is 21.8. The van der Waals surface area contributed by atoms with Crippen LogP contribution in [0.3, 0.4) is 0 Å². The molecule has 6 rings (SSSR count). The predicted molar refractivity (Wildman–Crippen MR) is 125 cm³/mol. The van der Waals surface area contributed by atoms with Crippen LogP contribution in [0.5, 0.6) is 0 Å². The standard InChI is InChI=1S/C29H23NO2/c1-17-11-13-19(14-12-17)25-26-23(15-20(16-24(26)31)18-7-3-2-4-8-18)30-28-21-9-5-6-10-22(21)29(32)27(25)28/h2-14,20,25,30H,15-16H2,1H3/t20-,25-/m0/s1. The van der Waals surface area contributed by atoms with Crippen molar-refractivity contribution < 1.29 is 9.59 Å². The molecule has 0 saturated carbocycles. The topological polar surface area (TPSA) is 46.2 Å². The van der Waals surface area contributed by atoms with E-state index >= 15 is 0 Å². The van der Waals surface area contributed by atoms with Crippen molar-refractivity contribution in [3.63, 3.8) is 0 Å². The zero-order valence-electron chi connectivity index (χ0n) is 17.9. The Kier molecular flexibility index (Phi) is 4.25. The summed E-state index contributed by atoms with van der Waals surface area (Å²) in [5, 5.41) is 3.56.